The van der Waals surface area contributed by atoms with Crippen molar-refractivity contribution in [2.24, 2.45) is 5.92 Å². The first-order valence-corrected chi connectivity index (χ1v) is 5.20. The van der Waals surface area contributed by atoms with Gasteiger partial charge in [0.2, 0.25) is 0 Å². The van der Waals surface area contributed by atoms with Crippen LogP contribution in [0, 0.1) is 10.7 Å². The van der Waals surface area contributed by atoms with Gasteiger partial charge in [-0.2, -0.15) is 0 Å². The Morgan fingerprint density at radius 2 is 2.36 bits per heavy atom. The van der Waals surface area contributed by atoms with E-state index >= 15 is 0 Å². The lowest BCUT2D eigenvalue weighted by atomic mass is 9.94. The summed E-state index contributed by atoms with van der Waals surface area (Å²) in [6.07, 6.45) is 7.67. The van der Waals surface area contributed by atoms with Gasteiger partial charge >= 0.3 is 5.69 Å². The lowest BCUT2D eigenvalue weighted by Crippen LogP contribution is -2.22. The molecule has 0 aromatic carbocycles. The SMILES string of the molecule is O=c1[nH][nH]c(=S)n1CC1CC=CCC1. The molecule has 1 aromatic heterocycles. The van der Waals surface area contributed by atoms with E-state index in [1.54, 1.807) is 4.57 Å². The van der Waals surface area contributed by atoms with Gasteiger partial charge in [0.1, 0.15) is 0 Å². The zero-order valence-electron chi connectivity index (χ0n) is 7.82. The van der Waals surface area contributed by atoms with Gasteiger partial charge < -0.3 is 0 Å². The number of aromatic nitrogens is 3. The van der Waals surface area contributed by atoms with Crippen molar-refractivity contribution in [3.05, 3.63) is 27.4 Å². The van der Waals surface area contributed by atoms with Crippen molar-refractivity contribution in [1.29, 1.82) is 0 Å². The van der Waals surface area contributed by atoms with Gasteiger partial charge in [0.15, 0.2) is 4.77 Å². The number of allylic oxidation sites excluding steroid dienone is 2. The lowest BCUT2D eigenvalue weighted by Gasteiger charge is -2.16. The minimum atomic E-state index is -0.135. The largest absolute Gasteiger partial charge is 0.342 e. The number of rotatable bonds is 2. The summed E-state index contributed by atoms with van der Waals surface area (Å²) in [4.78, 5) is 11.3. The predicted molar refractivity (Wildman–Crippen MR) is 56.7 cm³/mol. The van der Waals surface area contributed by atoms with E-state index in [9.17, 15) is 4.79 Å². The molecule has 0 aliphatic heterocycles. The van der Waals surface area contributed by atoms with Gasteiger partial charge in [-0.05, 0) is 37.4 Å². The van der Waals surface area contributed by atoms with E-state index in [1.807, 2.05) is 0 Å². The number of hydrogen-bond acceptors (Lipinski definition) is 2. The van der Waals surface area contributed by atoms with Gasteiger partial charge in [-0.1, -0.05) is 12.2 Å². The fourth-order valence-electron chi connectivity index (χ4n) is 1.78. The molecule has 76 valence electrons. The van der Waals surface area contributed by atoms with Crippen LogP contribution in [0.25, 0.3) is 0 Å². The topological polar surface area (TPSA) is 53.6 Å². The molecule has 5 heteroatoms. The molecule has 2 N–H and O–H groups in total. The monoisotopic (exact) mass is 211 g/mol. The van der Waals surface area contributed by atoms with Crippen LogP contribution in [0.4, 0.5) is 0 Å². The predicted octanol–water partition coefficient (Wildman–Crippen LogP) is 1.59. The second kappa shape index (κ2) is 3.96. The highest BCUT2D eigenvalue weighted by molar-refractivity contribution is 7.71. The maximum Gasteiger partial charge on any atom is 0.342 e. The van der Waals surface area contributed by atoms with Crippen LogP contribution in [-0.2, 0) is 6.54 Å². The zero-order valence-corrected chi connectivity index (χ0v) is 8.64. The Morgan fingerprint density at radius 3 is 2.93 bits per heavy atom. The Balaban J connectivity index is 2.14. The van der Waals surface area contributed by atoms with Crippen molar-refractivity contribution in [2.75, 3.05) is 0 Å². The molecule has 0 saturated carbocycles. The minimum absolute atomic E-state index is 0.135. The molecule has 0 saturated heterocycles. The van der Waals surface area contributed by atoms with Crippen LogP contribution in [0.2, 0.25) is 0 Å². The smallest absolute Gasteiger partial charge is 0.272 e. The van der Waals surface area contributed by atoms with E-state index in [0.717, 1.165) is 25.8 Å². The van der Waals surface area contributed by atoms with Crippen LogP contribution >= 0.6 is 12.2 Å². The van der Waals surface area contributed by atoms with Crippen LogP contribution in [-0.4, -0.2) is 14.8 Å². The molecule has 0 radical (unpaired) electrons. The molecule has 1 aliphatic carbocycles. The molecule has 0 bridgehead atoms. The van der Waals surface area contributed by atoms with Gasteiger partial charge in [0.05, 0.1) is 0 Å². The quantitative estimate of drug-likeness (QED) is 0.576. The second-order valence-electron chi connectivity index (χ2n) is 3.62. The number of aromatic amines is 2. The molecule has 4 nitrogen and oxygen atoms in total. The molecular weight excluding hydrogens is 198 g/mol. The number of H-pyrrole nitrogens is 2. The average molecular weight is 211 g/mol. The van der Waals surface area contributed by atoms with Gasteiger partial charge in [-0.3, -0.25) is 9.67 Å². The van der Waals surface area contributed by atoms with Crippen molar-refractivity contribution in [3.63, 3.8) is 0 Å². The third-order valence-electron chi connectivity index (χ3n) is 2.59. The Morgan fingerprint density at radius 1 is 1.50 bits per heavy atom. The van der Waals surface area contributed by atoms with Gasteiger partial charge in [-0.25, -0.2) is 9.89 Å². The van der Waals surface area contributed by atoms with E-state index in [2.05, 4.69) is 22.3 Å². The molecule has 0 spiro atoms. The summed E-state index contributed by atoms with van der Waals surface area (Å²) in [6, 6.07) is 0. The first-order chi connectivity index (χ1) is 6.77. The van der Waals surface area contributed by atoms with Crippen LogP contribution in [0.3, 0.4) is 0 Å². The molecule has 1 aromatic rings. The molecule has 0 amide bonds. The van der Waals surface area contributed by atoms with Gasteiger partial charge in [-0.15, -0.1) is 0 Å². The van der Waals surface area contributed by atoms with E-state index < -0.39 is 0 Å². The molecule has 2 rings (SSSR count). The van der Waals surface area contributed by atoms with E-state index in [-0.39, 0.29) is 5.69 Å². The Labute approximate surface area is 86.6 Å². The van der Waals surface area contributed by atoms with Crippen molar-refractivity contribution >= 4 is 12.2 Å². The van der Waals surface area contributed by atoms with Gasteiger partial charge in [0.25, 0.3) is 0 Å². The highest BCUT2D eigenvalue weighted by Crippen LogP contribution is 2.19. The molecule has 1 atom stereocenters. The average Bonchev–Trinajstić information content (AvgIpc) is 2.51. The molecule has 1 heterocycles. The maximum atomic E-state index is 11.3. The first-order valence-electron chi connectivity index (χ1n) is 4.80. The number of nitrogens with zero attached hydrogens (tertiary/aromatic N) is 1. The summed E-state index contributed by atoms with van der Waals surface area (Å²) in [5, 5.41) is 5.14. The molecular formula is C9H13N3OS. The van der Waals surface area contributed by atoms with Crippen molar-refractivity contribution in [1.82, 2.24) is 14.8 Å². The highest BCUT2D eigenvalue weighted by atomic mass is 32.1. The maximum absolute atomic E-state index is 11.3. The van der Waals surface area contributed by atoms with Gasteiger partial charge in [0, 0.05) is 6.54 Å². The van der Waals surface area contributed by atoms with Crippen LogP contribution < -0.4 is 5.69 Å². The Hall–Kier alpha value is -1.10. The van der Waals surface area contributed by atoms with E-state index in [1.165, 1.54) is 0 Å². The van der Waals surface area contributed by atoms with Crippen molar-refractivity contribution in [2.45, 2.75) is 25.8 Å². The van der Waals surface area contributed by atoms with Crippen LogP contribution in [0.5, 0.6) is 0 Å². The molecule has 1 unspecified atom stereocenters. The summed E-state index contributed by atoms with van der Waals surface area (Å²) >= 11 is 5.00. The van der Waals surface area contributed by atoms with Crippen molar-refractivity contribution < 1.29 is 0 Å². The summed E-state index contributed by atoms with van der Waals surface area (Å²) in [6.45, 7) is 0.724. The third-order valence-corrected chi connectivity index (χ3v) is 2.91. The summed E-state index contributed by atoms with van der Waals surface area (Å²) in [5.41, 5.74) is -0.135. The normalized spacial score (nSPS) is 21.3. The second-order valence-corrected chi connectivity index (χ2v) is 4.01. The Bertz CT molecular complexity index is 412. The first kappa shape index (κ1) is 9.45. The summed E-state index contributed by atoms with van der Waals surface area (Å²) in [5.74, 6) is 0.545. The number of hydrogen-bond donors (Lipinski definition) is 2. The Kier molecular flexibility index (Phi) is 2.67. The molecule has 1 aliphatic rings. The number of nitrogens with one attached hydrogen (secondary N) is 2. The van der Waals surface area contributed by atoms with E-state index in [0.29, 0.717) is 10.7 Å². The van der Waals surface area contributed by atoms with Crippen LogP contribution in [0.1, 0.15) is 19.3 Å². The summed E-state index contributed by atoms with van der Waals surface area (Å²) < 4.78 is 2.09. The minimum Gasteiger partial charge on any atom is -0.272 e. The molecule has 0 fully saturated rings. The zero-order chi connectivity index (χ0) is 9.97. The lowest BCUT2D eigenvalue weighted by molar-refractivity contribution is 0.402. The van der Waals surface area contributed by atoms with E-state index in [4.69, 9.17) is 12.2 Å². The molecule has 14 heavy (non-hydrogen) atoms. The summed E-state index contributed by atoms with van der Waals surface area (Å²) in [7, 11) is 0. The van der Waals surface area contributed by atoms with Crippen molar-refractivity contribution in [3.8, 4) is 0 Å². The standard InChI is InChI=1S/C9H13N3OS/c13-8-10-11-9(14)12(8)6-7-4-2-1-3-5-7/h1-2,7H,3-6H2,(H,10,13)(H,11,14). The third kappa shape index (κ3) is 1.87. The fourth-order valence-corrected chi connectivity index (χ4v) is 1.99. The fraction of sp³-hybridized carbons (Fsp3) is 0.556. The van der Waals surface area contributed by atoms with Crippen LogP contribution in [0.15, 0.2) is 16.9 Å². The highest BCUT2D eigenvalue weighted by Gasteiger charge is 2.12.